The lowest BCUT2D eigenvalue weighted by Crippen LogP contribution is -1.96. The van der Waals surface area contributed by atoms with Gasteiger partial charge in [0.15, 0.2) is 11.6 Å². The first-order chi connectivity index (χ1) is 8.15. The van der Waals surface area contributed by atoms with Crippen molar-refractivity contribution >= 4 is 0 Å². The maximum atomic E-state index is 12.9. The Hall–Kier alpha value is -1.90. The molecule has 2 aromatic rings. The molecule has 0 saturated heterocycles. The number of hydrogen-bond acceptors (Lipinski definition) is 1. The second-order valence-corrected chi connectivity index (χ2v) is 3.85. The Balaban J connectivity index is 2.05. The van der Waals surface area contributed by atoms with Gasteiger partial charge in [-0.25, -0.2) is 8.78 Å². The highest BCUT2D eigenvalue weighted by molar-refractivity contribution is 5.25. The maximum absolute atomic E-state index is 12.9. The second-order valence-electron chi connectivity index (χ2n) is 3.85. The zero-order chi connectivity index (χ0) is 12.3. The molecule has 0 unspecified atom stereocenters. The summed E-state index contributed by atoms with van der Waals surface area (Å²) in [7, 11) is 0. The molecule has 0 aliphatic heterocycles. The quantitative estimate of drug-likeness (QED) is 0.783. The molecule has 0 bridgehead atoms. The third-order valence-electron chi connectivity index (χ3n) is 2.38. The van der Waals surface area contributed by atoms with Crippen LogP contribution in [0, 0.1) is 18.6 Å². The Bertz CT molecular complexity index is 523. The second kappa shape index (κ2) is 4.95. The monoisotopic (exact) mass is 234 g/mol. The number of ether oxygens (including phenoxy) is 1. The van der Waals surface area contributed by atoms with Gasteiger partial charge in [-0.05, 0) is 24.6 Å². The summed E-state index contributed by atoms with van der Waals surface area (Å²) in [5.41, 5.74) is 2.13. The van der Waals surface area contributed by atoms with Gasteiger partial charge in [0.2, 0.25) is 0 Å². The van der Waals surface area contributed by atoms with Crippen molar-refractivity contribution in [2.45, 2.75) is 13.5 Å². The van der Waals surface area contributed by atoms with E-state index in [1.807, 2.05) is 31.2 Å². The van der Waals surface area contributed by atoms with E-state index in [9.17, 15) is 8.78 Å². The summed E-state index contributed by atoms with van der Waals surface area (Å²) in [5, 5.41) is 0. The molecule has 17 heavy (non-hydrogen) atoms. The minimum atomic E-state index is -0.897. The van der Waals surface area contributed by atoms with Crippen LogP contribution in [0.3, 0.4) is 0 Å². The van der Waals surface area contributed by atoms with E-state index < -0.39 is 11.6 Å². The molecule has 1 nitrogen and oxygen atoms in total. The minimum Gasteiger partial charge on any atom is -0.489 e. The van der Waals surface area contributed by atoms with Crippen LogP contribution >= 0.6 is 0 Å². The summed E-state index contributed by atoms with van der Waals surface area (Å²) in [6.45, 7) is 2.33. The molecule has 0 heterocycles. The highest BCUT2D eigenvalue weighted by atomic mass is 19.2. The topological polar surface area (TPSA) is 9.23 Å². The van der Waals surface area contributed by atoms with Gasteiger partial charge in [0.1, 0.15) is 12.4 Å². The third kappa shape index (κ3) is 3.03. The Labute approximate surface area is 98.7 Å². The van der Waals surface area contributed by atoms with Crippen molar-refractivity contribution in [2.75, 3.05) is 0 Å². The molecule has 2 aromatic carbocycles. The van der Waals surface area contributed by atoms with Gasteiger partial charge in [-0.2, -0.15) is 0 Å². The lowest BCUT2D eigenvalue weighted by atomic mass is 10.1. The van der Waals surface area contributed by atoms with Crippen LogP contribution in [0.25, 0.3) is 0 Å². The highest BCUT2D eigenvalue weighted by Crippen LogP contribution is 2.17. The van der Waals surface area contributed by atoms with Crippen LogP contribution in [-0.2, 0) is 6.61 Å². The van der Waals surface area contributed by atoms with E-state index in [0.717, 1.165) is 23.3 Å². The Morgan fingerprint density at radius 1 is 1.00 bits per heavy atom. The smallest absolute Gasteiger partial charge is 0.162 e. The molecule has 2 rings (SSSR count). The molecule has 0 spiro atoms. The van der Waals surface area contributed by atoms with Gasteiger partial charge >= 0.3 is 0 Å². The molecule has 0 fully saturated rings. The van der Waals surface area contributed by atoms with E-state index in [1.54, 1.807) is 0 Å². The molecule has 0 amide bonds. The van der Waals surface area contributed by atoms with Gasteiger partial charge in [-0.1, -0.05) is 29.8 Å². The number of halogens is 2. The predicted octanol–water partition coefficient (Wildman–Crippen LogP) is 3.85. The van der Waals surface area contributed by atoms with Gasteiger partial charge < -0.3 is 4.74 Å². The fraction of sp³-hybridized carbons (Fsp3) is 0.143. The molecular weight excluding hydrogens is 222 g/mol. The van der Waals surface area contributed by atoms with Gasteiger partial charge in [0.05, 0.1) is 0 Å². The standard InChI is InChI=1S/C14H12F2O/c1-10-3-2-4-11(7-10)9-17-12-5-6-13(15)14(16)8-12/h2-8H,9H2,1H3. The molecule has 0 atom stereocenters. The van der Waals surface area contributed by atoms with Crippen LogP contribution in [0.4, 0.5) is 8.78 Å². The molecule has 3 heteroatoms. The van der Waals surface area contributed by atoms with Crippen molar-refractivity contribution in [3.05, 3.63) is 65.2 Å². The van der Waals surface area contributed by atoms with Crippen LogP contribution in [0.5, 0.6) is 5.75 Å². The van der Waals surface area contributed by atoms with E-state index >= 15 is 0 Å². The molecule has 0 radical (unpaired) electrons. The average Bonchev–Trinajstić information content (AvgIpc) is 2.31. The Kier molecular flexibility index (Phi) is 3.38. The zero-order valence-corrected chi connectivity index (χ0v) is 9.41. The van der Waals surface area contributed by atoms with Crippen molar-refractivity contribution in [1.29, 1.82) is 0 Å². The summed E-state index contributed by atoms with van der Waals surface area (Å²) in [6, 6.07) is 11.3. The van der Waals surface area contributed by atoms with E-state index in [0.29, 0.717) is 12.4 Å². The largest absolute Gasteiger partial charge is 0.489 e. The number of rotatable bonds is 3. The molecule has 0 N–H and O–H groups in total. The molecule has 0 aromatic heterocycles. The Morgan fingerprint density at radius 3 is 2.53 bits per heavy atom. The van der Waals surface area contributed by atoms with Crippen molar-refractivity contribution in [3.8, 4) is 5.75 Å². The van der Waals surface area contributed by atoms with Crippen molar-refractivity contribution in [1.82, 2.24) is 0 Å². The lowest BCUT2D eigenvalue weighted by Gasteiger charge is -2.07. The molecule has 0 saturated carbocycles. The molecule has 0 aliphatic rings. The van der Waals surface area contributed by atoms with E-state index in [4.69, 9.17) is 4.74 Å². The van der Waals surface area contributed by atoms with Gasteiger partial charge in [-0.15, -0.1) is 0 Å². The highest BCUT2D eigenvalue weighted by Gasteiger charge is 2.03. The van der Waals surface area contributed by atoms with Gasteiger partial charge in [0.25, 0.3) is 0 Å². The average molecular weight is 234 g/mol. The van der Waals surface area contributed by atoms with Crippen LogP contribution in [-0.4, -0.2) is 0 Å². The van der Waals surface area contributed by atoms with Crippen molar-refractivity contribution < 1.29 is 13.5 Å². The van der Waals surface area contributed by atoms with Crippen LogP contribution in [0.1, 0.15) is 11.1 Å². The van der Waals surface area contributed by atoms with E-state index in [1.165, 1.54) is 6.07 Å². The third-order valence-corrected chi connectivity index (χ3v) is 2.38. The number of aryl methyl sites for hydroxylation is 1. The fourth-order valence-electron chi connectivity index (χ4n) is 1.54. The minimum absolute atomic E-state index is 0.324. The van der Waals surface area contributed by atoms with Crippen LogP contribution in [0.15, 0.2) is 42.5 Å². The summed E-state index contributed by atoms with van der Waals surface area (Å²) in [5.74, 6) is -1.44. The first kappa shape index (κ1) is 11.6. The predicted molar refractivity (Wildman–Crippen MR) is 61.9 cm³/mol. The number of hydrogen-bond donors (Lipinski definition) is 0. The molecule has 0 aliphatic carbocycles. The SMILES string of the molecule is Cc1cccc(COc2ccc(F)c(F)c2)c1. The van der Waals surface area contributed by atoms with Crippen molar-refractivity contribution in [2.24, 2.45) is 0 Å². The fourth-order valence-corrected chi connectivity index (χ4v) is 1.54. The normalized spacial score (nSPS) is 10.3. The van der Waals surface area contributed by atoms with Gasteiger partial charge in [-0.3, -0.25) is 0 Å². The summed E-state index contributed by atoms with van der Waals surface area (Å²) >= 11 is 0. The summed E-state index contributed by atoms with van der Waals surface area (Å²) < 4.78 is 31.0. The zero-order valence-electron chi connectivity index (χ0n) is 9.41. The van der Waals surface area contributed by atoms with E-state index in [2.05, 4.69) is 0 Å². The van der Waals surface area contributed by atoms with Crippen molar-refractivity contribution in [3.63, 3.8) is 0 Å². The van der Waals surface area contributed by atoms with Crippen LogP contribution < -0.4 is 4.74 Å². The lowest BCUT2D eigenvalue weighted by molar-refractivity contribution is 0.303. The molecule has 88 valence electrons. The number of benzene rings is 2. The van der Waals surface area contributed by atoms with Gasteiger partial charge in [0, 0.05) is 6.07 Å². The summed E-state index contributed by atoms with van der Waals surface area (Å²) in [4.78, 5) is 0. The van der Waals surface area contributed by atoms with Crippen LogP contribution in [0.2, 0.25) is 0 Å². The first-order valence-corrected chi connectivity index (χ1v) is 5.28. The Morgan fingerprint density at radius 2 is 1.82 bits per heavy atom. The first-order valence-electron chi connectivity index (χ1n) is 5.28. The van der Waals surface area contributed by atoms with E-state index in [-0.39, 0.29) is 0 Å². The maximum Gasteiger partial charge on any atom is 0.162 e. The molecular formula is C14H12F2O. The summed E-state index contributed by atoms with van der Waals surface area (Å²) in [6.07, 6.45) is 0.